The second kappa shape index (κ2) is 7.87. The largest absolute Gasteiger partial charge is 0.363 e. The first-order chi connectivity index (χ1) is 13.3. The summed E-state index contributed by atoms with van der Waals surface area (Å²) in [6, 6.07) is 26.8. The number of nitrogens with zero attached hydrogens (tertiary/aromatic N) is 2. The van der Waals surface area contributed by atoms with Crippen LogP contribution in [0.4, 0.5) is 11.6 Å². The molecule has 4 aromatic rings. The molecule has 0 aliphatic rings. The Kier molecular flexibility index (Phi) is 4.97. The highest BCUT2D eigenvalue weighted by Crippen LogP contribution is 2.23. The van der Waals surface area contributed by atoms with Crippen LogP contribution in [0.25, 0.3) is 11.0 Å². The van der Waals surface area contributed by atoms with E-state index in [1.54, 1.807) is 0 Å². The van der Waals surface area contributed by atoms with Gasteiger partial charge in [0.1, 0.15) is 0 Å². The molecule has 0 amide bonds. The molecule has 4 heteroatoms. The van der Waals surface area contributed by atoms with E-state index in [2.05, 4.69) is 54.0 Å². The molecular weight excluding hydrogens is 332 g/mol. The van der Waals surface area contributed by atoms with Gasteiger partial charge in [-0.25, -0.2) is 9.97 Å². The van der Waals surface area contributed by atoms with Gasteiger partial charge in [-0.05, 0) is 35.7 Å². The van der Waals surface area contributed by atoms with Gasteiger partial charge in [0.15, 0.2) is 11.6 Å². The summed E-state index contributed by atoms with van der Waals surface area (Å²) in [7, 11) is 0. The molecule has 4 nitrogen and oxygen atoms in total. The van der Waals surface area contributed by atoms with Crippen LogP contribution in [-0.2, 0) is 13.1 Å². The number of hydrogen-bond donors (Lipinski definition) is 2. The van der Waals surface area contributed by atoms with E-state index in [9.17, 15) is 0 Å². The zero-order chi connectivity index (χ0) is 18.5. The summed E-state index contributed by atoms with van der Waals surface area (Å²) < 4.78 is 0. The SMILES string of the molecule is Cc1ccc2nc(NCc3ccccc3)c(NCc3ccccc3)nc2c1. The Morgan fingerprint density at radius 2 is 1.15 bits per heavy atom. The first kappa shape index (κ1) is 17.0. The molecule has 0 unspecified atom stereocenters. The molecule has 0 bridgehead atoms. The fraction of sp³-hybridized carbons (Fsp3) is 0.130. The maximum Gasteiger partial charge on any atom is 0.170 e. The van der Waals surface area contributed by atoms with E-state index in [4.69, 9.17) is 9.97 Å². The smallest absolute Gasteiger partial charge is 0.170 e. The third-order valence-corrected chi connectivity index (χ3v) is 4.43. The monoisotopic (exact) mass is 354 g/mol. The highest BCUT2D eigenvalue weighted by Gasteiger charge is 2.09. The van der Waals surface area contributed by atoms with Gasteiger partial charge in [-0.2, -0.15) is 0 Å². The Bertz CT molecular complexity index is 1030. The van der Waals surface area contributed by atoms with Crippen LogP contribution in [0.5, 0.6) is 0 Å². The number of fused-ring (bicyclic) bond motifs is 1. The zero-order valence-electron chi connectivity index (χ0n) is 15.3. The van der Waals surface area contributed by atoms with E-state index in [1.165, 1.54) is 16.7 Å². The van der Waals surface area contributed by atoms with E-state index in [0.717, 1.165) is 22.7 Å². The van der Waals surface area contributed by atoms with Crippen molar-refractivity contribution in [2.45, 2.75) is 20.0 Å². The molecule has 0 radical (unpaired) electrons. The molecule has 0 spiro atoms. The Morgan fingerprint density at radius 3 is 1.70 bits per heavy atom. The van der Waals surface area contributed by atoms with Gasteiger partial charge in [0.2, 0.25) is 0 Å². The number of hydrogen-bond acceptors (Lipinski definition) is 4. The van der Waals surface area contributed by atoms with Gasteiger partial charge in [-0.3, -0.25) is 0 Å². The standard InChI is InChI=1S/C23H22N4/c1-17-12-13-20-21(14-17)27-23(25-16-19-10-6-3-7-11-19)22(26-20)24-15-18-8-4-2-5-9-18/h2-14H,15-16H2,1H3,(H,24,26)(H,25,27). The lowest BCUT2D eigenvalue weighted by atomic mass is 10.2. The summed E-state index contributed by atoms with van der Waals surface area (Å²) in [5.74, 6) is 1.54. The van der Waals surface area contributed by atoms with Crippen molar-refractivity contribution in [2.75, 3.05) is 10.6 Å². The maximum absolute atomic E-state index is 4.83. The lowest BCUT2D eigenvalue weighted by Crippen LogP contribution is -2.09. The summed E-state index contributed by atoms with van der Waals surface area (Å²) in [5, 5.41) is 6.88. The Balaban J connectivity index is 1.62. The molecule has 27 heavy (non-hydrogen) atoms. The van der Waals surface area contributed by atoms with Crippen molar-refractivity contribution in [3.63, 3.8) is 0 Å². The fourth-order valence-electron chi connectivity index (χ4n) is 2.97. The predicted molar refractivity (Wildman–Crippen MR) is 112 cm³/mol. The second-order valence-corrected chi connectivity index (χ2v) is 6.59. The van der Waals surface area contributed by atoms with Crippen molar-refractivity contribution >= 4 is 22.7 Å². The molecule has 134 valence electrons. The van der Waals surface area contributed by atoms with Gasteiger partial charge in [0, 0.05) is 13.1 Å². The molecular formula is C23H22N4. The van der Waals surface area contributed by atoms with E-state index in [-0.39, 0.29) is 0 Å². The van der Waals surface area contributed by atoms with E-state index in [1.807, 2.05) is 42.5 Å². The van der Waals surface area contributed by atoms with Crippen LogP contribution in [0.1, 0.15) is 16.7 Å². The van der Waals surface area contributed by atoms with E-state index in [0.29, 0.717) is 13.1 Å². The number of aromatic nitrogens is 2. The van der Waals surface area contributed by atoms with Crippen molar-refractivity contribution in [1.82, 2.24) is 9.97 Å². The van der Waals surface area contributed by atoms with Crippen molar-refractivity contribution < 1.29 is 0 Å². The Labute approximate surface area is 159 Å². The molecule has 0 aliphatic carbocycles. The van der Waals surface area contributed by atoms with Crippen LogP contribution >= 0.6 is 0 Å². The van der Waals surface area contributed by atoms with Gasteiger partial charge in [0.05, 0.1) is 11.0 Å². The van der Waals surface area contributed by atoms with Gasteiger partial charge >= 0.3 is 0 Å². The summed E-state index contributed by atoms with van der Waals surface area (Å²) >= 11 is 0. The van der Waals surface area contributed by atoms with Crippen molar-refractivity contribution in [3.8, 4) is 0 Å². The summed E-state index contributed by atoms with van der Waals surface area (Å²) in [4.78, 5) is 9.63. The summed E-state index contributed by atoms with van der Waals surface area (Å²) in [6.45, 7) is 3.47. The Morgan fingerprint density at radius 1 is 0.630 bits per heavy atom. The van der Waals surface area contributed by atoms with Crippen molar-refractivity contribution in [1.29, 1.82) is 0 Å². The summed E-state index contributed by atoms with van der Waals surface area (Å²) in [6.07, 6.45) is 0. The predicted octanol–water partition coefficient (Wildman–Crippen LogP) is 5.16. The van der Waals surface area contributed by atoms with Gasteiger partial charge < -0.3 is 10.6 Å². The zero-order valence-corrected chi connectivity index (χ0v) is 15.3. The molecule has 3 aromatic carbocycles. The minimum Gasteiger partial charge on any atom is -0.363 e. The number of nitrogens with one attached hydrogen (secondary N) is 2. The van der Waals surface area contributed by atoms with Crippen LogP contribution in [0.15, 0.2) is 78.9 Å². The maximum atomic E-state index is 4.83. The van der Waals surface area contributed by atoms with Gasteiger partial charge in [0.25, 0.3) is 0 Å². The first-order valence-corrected chi connectivity index (χ1v) is 9.12. The first-order valence-electron chi connectivity index (χ1n) is 9.12. The lowest BCUT2D eigenvalue weighted by molar-refractivity contribution is 1.07. The summed E-state index contributed by atoms with van der Waals surface area (Å²) in [5.41, 5.74) is 5.38. The molecule has 0 fully saturated rings. The molecule has 0 saturated carbocycles. The van der Waals surface area contributed by atoms with E-state index < -0.39 is 0 Å². The minimum atomic E-state index is 0.701. The van der Waals surface area contributed by atoms with Gasteiger partial charge in [-0.15, -0.1) is 0 Å². The van der Waals surface area contributed by atoms with Crippen LogP contribution in [0, 0.1) is 6.92 Å². The minimum absolute atomic E-state index is 0.701. The highest BCUT2D eigenvalue weighted by atomic mass is 15.1. The number of rotatable bonds is 6. The number of anilines is 2. The quantitative estimate of drug-likeness (QED) is 0.502. The molecule has 4 rings (SSSR count). The molecule has 0 aliphatic heterocycles. The van der Waals surface area contributed by atoms with Crippen LogP contribution in [-0.4, -0.2) is 9.97 Å². The molecule has 1 heterocycles. The third kappa shape index (κ3) is 4.23. The van der Waals surface area contributed by atoms with Crippen LogP contribution < -0.4 is 10.6 Å². The fourth-order valence-corrected chi connectivity index (χ4v) is 2.97. The molecule has 0 atom stereocenters. The normalized spacial score (nSPS) is 10.7. The third-order valence-electron chi connectivity index (χ3n) is 4.43. The second-order valence-electron chi connectivity index (χ2n) is 6.59. The molecule has 2 N–H and O–H groups in total. The van der Waals surface area contributed by atoms with Gasteiger partial charge in [-0.1, -0.05) is 66.7 Å². The van der Waals surface area contributed by atoms with E-state index >= 15 is 0 Å². The average molecular weight is 354 g/mol. The van der Waals surface area contributed by atoms with Crippen LogP contribution in [0.2, 0.25) is 0 Å². The topological polar surface area (TPSA) is 49.8 Å². The Hall–Kier alpha value is -3.40. The lowest BCUT2D eigenvalue weighted by Gasteiger charge is -2.14. The van der Waals surface area contributed by atoms with Crippen LogP contribution in [0.3, 0.4) is 0 Å². The number of aryl methyl sites for hydroxylation is 1. The van der Waals surface area contributed by atoms with Crippen molar-refractivity contribution in [3.05, 3.63) is 95.6 Å². The number of benzene rings is 3. The highest BCUT2D eigenvalue weighted by molar-refractivity contribution is 5.80. The van der Waals surface area contributed by atoms with Crippen molar-refractivity contribution in [2.24, 2.45) is 0 Å². The average Bonchev–Trinajstić information content (AvgIpc) is 2.72. The molecule has 0 saturated heterocycles. The molecule has 1 aromatic heterocycles.